The van der Waals surface area contributed by atoms with Crippen LogP contribution in [-0.4, -0.2) is 62.8 Å². The van der Waals surface area contributed by atoms with Crippen LogP contribution in [0, 0.1) is 0 Å². The maximum absolute atomic E-state index is 14.4. The normalized spacial score (nSPS) is 12.9. The van der Waals surface area contributed by atoms with Gasteiger partial charge in [0.1, 0.15) is 11.5 Å². The van der Waals surface area contributed by atoms with Crippen LogP contribution < -0.4 is 9.47 Å². The third-order valence-electron chi connectivity index (χ3n) is 9.66. The molecule has 0 saturated carbocycles. The smallest absolute Gasteiger partial charge is 0.416 e. The molecule has 4 aromatic rings. The van der Waals surface area contributed by atoms with Crippen LogP contribution in [0.2, 0.25) is 0 Å². The van der Waals surface area contributed by atoms with Crippen LogP contribution >= 0.6 is 31.9 Å². The summed E-state index contributed by atoms with van der Waals surface area (Å²) >= 11 is 6.93. The number of carbonyl (C=O) groups excluding carboxylic acids is 2. The molecule has 350 valence electrons. The number of carbonyl (C=O) groups is 2. The van der Waals surface area contributed by atoms with E-state index in [0.717, 1.165) is 23.3 Å². The van der Waals surface area contributed by atoms with Gasteiger partial charge in [-0.15, -0.1) is 0 Å². The van der Waals surface area contributed by atoms with Gasteiger partial charge in [-0.25, -0.2) is 9.59 Å². The number of rotatable bonds is 23. The molecule has 0 aliphatic carbocycles. The molecular formula is C48H54Br2F6O8. The largest absolute Gasteiger partial charge is 0.492 e. The van der Waals surface area contributed by atoms with Crippen molar-refractivity contribution in [3.8, 4) is 22.6 Å². The first-order chi connectivity index (χ1) is 30.2. The molecule has 0 N–H and O–H groups in total. The van der Waals surface area contributed by atoms with Crippen LogP contribution in [0.25, 0.3) is 11.1 Å². The molecule has 0 bridgehead atoms. The first-order valence-electron chi connectivity index (χ1n) is 21.1. The summed E-state index contributed by atoms with van der Waals surface area (Å²) in [6, 6.07) is 17.6. The topological polar surface area (TPSA) is 89.5 Å². The van der Waals surface area contributed by atoms with E-state index in [1.54, 1.807) is 77.9 Å². The quantitative estimate of drug-likeness (QED) is 0.0412. The van der Waals surface area contributed by atoms with Gasteiger partial charge in [0, 0.05) is 26.1 Å². The number of aryl methyl sites for hydroxylation is 2. The van der Waals surface area contributed by atoms with Gasteiger partial charge in [0.15, 0.2) is 12.2 Å². The Morgan fingerprint density at radius 3 is 1.25 bits per heavy atom. The van der Waals surface area contributed by atoms with E-state index in [2.05, 4.69) is 31.9 Å². The lowest BCUT2D eigenvalue weighted by Gasteiger charge is -2.18. The van der Waals surface area contributed by atoms with Crippen molar-refractivity contribution in [3.63, 3.8) is 0 Å². The molecule has 0 radical (unpaired) electrons. The summed E-state index contributed by atoms with van der Waals surface area (Å²) in [4.78, 5) is 24.9. The highest BCUT2D eigenvalue weighted by Gasteiger charge is 2.35. The first-order valence-corrected chi connectivity index (χ1v) is 22.7. The number of esters is 2. The van der Waals surface area contributed by atoms with E-state index in [1.807, 2.05) is 0 Å². The minimum Gasteiger partial charge on any atom is -0.492 e. The molecule has 0 aromatic heterocycles. The molecule has 0 saturated heterocycles. The van der Waals surface area contributed by atoms with Crippen molar-refractivity contribution >= 4 is 43.8 Å². The van der Waals surface area contributed by atoms with Crippen LogP contribution in [0.1, 0.15) is 87.8 Å². The third kappa shape index (κ3) is 16.1. The fourth-order valence-electron chi connectivity index (χ4n) is 6.81. The Morgan fingerprint density at radius 1 is 0.562 bits per heavy atom. The van der Waals surface area contributed by atoms with E-state index in [-0.39, 0.29) is 86.2 Å². The number of benzene rings is 4. The molecule has 0 aliphatic heterocycles. The number of hydrogen-bond donors (Lipinski definition) is 0. The number of alkyl halides is 6. The van der Waals surface area contributed by atoms with Crippen molar-refractivity contribution in [1.29, 1.82) is 0 Å². The second kappa shape index (κ2) is 24.4. The van der Waals surface area contributed by atoms with Gasteiger partial charge in [-0.3, -0.25) is 0 Å². The highest BCUT2D eigenvalue weighted by Crippen LogP contribution is 2.39. The van der Waals surface area contributed by atoms with E-state index in [9.17, 15) is 35.9 Å². The van der Waals surface area contributed by atoms with Gasteiger partial charge >= 0.3 is 24.3 Å². The Balaban J connectivity index is 1.38. The molecule has 2 atom stereocenters. The predicted molar refractivity (Wildman–Crippen MR) is 238 cm³/mol. The molecule has 2 unspecified atom stereocenters. The van der Waals surface area contributed by atoms with Crippen molar-refractivity contribution in [2.45, 2.75) is 117 Å². The van der Waals surface area contributed by atoms with Crippen LogP contribution in [0.15, 0.2) is 81.7 Å². The summed E-state index contributed by atoms with van der Waals surface area (Å²) in [5.74, 6) is -0.0216. The molecule has 4 rings (SSSR count). The zero-order chi connectivity index (χ0) is 47.2. The standard InChI is InChI=1S/C48H54Br2F6O8/c1-7-59-43(45(57)63-29(3)4)25-31-13-19-41(39(49)23-31)61-21-9-11-33-15-17-35(27-37(33)47(51,52)53)36-18-16-34(38(28-36)48(54,55)56)12-10-22-62-42-20-14-32(24-40(42)50)26-44(60-8-2)46(58)64-30(5)6/h13-20,23-24,27-30,43-44H,7-12,21-22,25-26H2,1-6H3. The van der Waals surface area contributed by atoms with Crippen LogP contribution in [0.5, 0.6) is 11.5 Å². The Labute approximate surface area is 387 Å². The second-order valence-electron chi connectivity index (χ2n) is 15.4. The molecule has 0 heterocycles. The van der Waals surface area contributed by atoms with Gasteiger partial charge in [0.2, 0.25) is 0 Å². The number of halogens is 8. The minimum atomic E-state index is -4.76. The van der Waals surface area contributed by atoms with Gasteiger partial charge in [0.25, 0.3) is 0 Å². The molecule has 8 nitrogen and oxygen atoms in total. The molecule has 0 fully saturated rings. The monoisotopic (exact) mass is 1030 g/mol. The number of ether oxygens (including phenoxy) is 6. The molecule has 16 heteroatoms. The Bertz CT molecular complexity index is 2010. The fraction of sp³-hybridized carbons (Fsp3) is 0.458. The lowest BCUT2D eigenvalue weighted by Crippen LogP contribution is -2.30. The van der Waals surface area contributed by atoms with Gasteiger partial charge in [-0.1, -0.05) is 36.4 Å². The molecular weight excluding hydrogens is 978 g/mol. The zero-order valence-electron chi connectivity index (χ0n) is 36.6. The second-order valence-corrected chi connectivity index (χ2v) is 17.1. The number of hydrogen-bond acceptors (Lipinski definition) is 8. The van der Waals surface area contributed by atoms with Crippen molar-refractivity contribution in [2.75, 3.05) is 26.4 Å². The molecule has 4 aromatic carbocycles. The summed E-state index contributed by atoms with van der Waals surface area (Å²) in [5.41, 5.74) is -0.351. The summed E-state index contributed by atoms with van der Waals surface area (Å²) in [6.07, 6.45) is -10.7. The zero-order valence-corrected chi connectivity index (χ0v) is 39.8. The summed E-state index contributed by atoms with van der Waals surface area (Å²) in [6.45, 7) is 11.4. The predicted octanol–water partition coefficient (Wildman–Crippen LogP) is 12.7. The highest BCUT2D eigenvalue weighted by molar-refractivity contribution is 9.11. The average molecular weight is 1030 g/mol. The molecule has 0 spiro atoms. The molecule has 0 amide bonds. The Morgan fingerprint density at radius 2 is 0.938 bits per heavy atom. The van der Waals surface area contributed by atoms with Gasteiger partial charge in [0.05, 0.1) is 45.5 Å². The van der Waals surface area contributed by atoms with Crippen molar-refractivity contribution in [3.05, 3.63) is 115 Å². The average Bonchev–Trinajstić information content (AvgIpc) is 3.21. The summed E-state index contributed by atoms with van der Waals surface area (Å²) < 4.78 is 121. The Hall–Kier alpha value is -4.12. The summed E-state index contributed by atoms with van der Waals surface area (Å²) in [7, 11) is 0. The van der Waals surface area contributed by atoms with Gasteiger partial charge < -0.3 is 28.4 Å². The lowest BCUT2D eigenvalue weighted by molar-refractivity contribution is -0.161. The van der Waals surface area contributed by atoms with Gasteiger partial charge in [-0.05, 0) is 169 Å². The SMILES string of the molecule is CCOC(Cc1ccc(OCCCc2ccc(-c3ccc(CCCOc4ccc(CC(OCC)C(=O)OC(C)C)cc4Br)c(C(F)(F)F)c3)cc2C(F)(F)F)c(Br)c1)C(=O)OC(C)C. The third-order valence-corrected chi connectivity index (χ3v) is 10.9. The first kappa shape index (κ1) is 52.5. The van der Waals surface area contributed by atoms with Gasteiger partial charge in [-0.2, -0.15) is 26.3 Å². The van der Waals surface area contributed by atoms with Crippen LogP contribution in [0.4, 0.5) is 26.3 Å². The van der Waals surface area contributed by atoms with Crippen molar-refractivity contribution < 1.29 is 64.4 Å². The maximum atomic E-state index is 14.4. The minimum absolute atomic E-state index is 0.00142. The fourth-order valence-corrected chi connectivity index (χ4v) is 7.89. The van der Waals surface area contributed by atoms with Crippen LogP contribution in [0.3, 0.4) is 0 Å². The molecule has 64 heavy (non-hydrogen) atoms. The van der Waals surface area contributed by atoms with Crippen molar-refractivity contribution in [2.24, 2.45) is 0 Å². The molecule has 0 aliphatic rings. The van der Waals surface area contributed by atoms with E-state index in [1.165, 1.54) is 24.3 Å². The van der Waals surface area contributed by atoms with E-state index in [0.29, 0.717) is 33.7 Å². The lowest BCUT2D eigenvalue weighted by atomic mass is 9.93. The highest BCUT2D eigenvalue weighted by atomic mass is 79.9. The van der Waals surface area contributed by atoms with Crippen LogP contribution in [-0.2, 0) is 66.6 Å². The van der Waals surface area contributed by atoms with E-state index < -0.39 is 47.6 Å². The Kier molecular flexibility index (Phi) is 20.0. The van der Waals surface area contributed by atoms with E-state index >= 15 is 0 Å². The summed E-state index contributed by atoms with van der Waals surface area (Å²) in [5, 5.41) is 0. The van der Waals surface area contributed by atoms with Crippen molar-refractivity contribution in [1.82, 2.24) is 0 Å². The maximum Gasteiger partial charge on any atom is 0.416 e. The van der Waals surface area contributed by atoms with E-state index in [4.69, 9.17) is 28.4 Å².